The van der Waals surface area contributed by atoms with Gasteiger partial charge in [0, 0.05) is 13.5 Å². The van der Waals surface area contributed by atoms with Crippen LogP contribution in [0.4, 0.5) is 10.5 Å². The molecule has 1 amide bonds. The Balaban J connectivity index is 1.65. The molecule has 1 heterocycles. The number of carbonyl (C=O) groups excluding carboxylic acids is 2. The fraction of sp³-hybridized carbons (Fsp3) is 0.806. The molecule has 1 saturated carbocycles. The van der Waals surface area contributed by atoms with Crippen LogP contribution >= 0.6 is 0 Å². The van der Waals surface area contributed by atoms with Crippen LogP contribution in [0.3, 0.4) is 0 Å². The zero-order chi connectivity index (χ0) is 31.3. The van der Waals surface area contributed by atoms with Crippen LogP contribution in [0.5, 0.6) is 5.88 Å². The predicted octanol–water partition coefficient (Wildman–Crippen LogP) is 9.28. The molecule has 0 radical (unpaired) electrons. The molecule has 1 aromatic rings. The van der Waals surface area contributed by atoms with Gasteiger partial charge >= 0.3 is 17.9 Å². The van der Waals surface area contributed by atoms with E-state index in [1.54, 1.807) is 6.92 Å². The van der Waals surface area contributed by atoms with Crippen molar-refractivity contribution in [2.45, 2.75) is 169 Å². The summed E-state index contributed by atoms with van der Waals surface area (Å²) in [5.74, 6) is 0.323. The van der Waals surface area contributed by atoms with Gasteiger partial charge in [0.25, 0.3) is 0 Å². The zero-order valence-corrected chi connectivity index (χ0v) is 28.2. The first-order valence-electron chi connectivity index (χ1n) is 17.9. The topological polar surface area (TPSA) is 94.5 Å². The summed E-state index contributed by atoms with van der Waals surface area (Å²) in [6.45, 7) is 9.42. The molecule has 2 rings (SSSR count). The molecular weight excluding hydrogens is 538 g/mol. The highest BCUT2D eigenvalue weighted by Gasteiger charge is 2.31. The van der Waals surface area contributed by atoms with Crippen molar-refractivity contribution in [1.82, 2.24) is 5.32 Å². The largest absolute Gasteiger partial charge is 0.462 e. The van der Waals surface area contributed by atoms with Gasteiger partial charge in [0.05, 0.1) is 12.2 Å². The van der Waals surface area contributed by atoms with Gasteiger partial charge in [-0.3, -0.25) is 0 Å². The minimum absolute atomic E-state index is 0.304. The van der Waals surface area contributed by atoms with Gasteiger partial charge in [0.2, 0.25) is 5.69 Å². The first-order valence-corrected chi connectivity index (χ1v) is 17.9. The lowest BCUT2D eigenvalue weighted by atomic mass is 9.90. The average molecular weight is 603 g/mol. The van der Waals surface area contributed by atoms with Crippen LogP contribution in [-0.2, 0) is 11.3 Å². The van der Waals surface area contributed by atoms with E-state index in [2.05, 4.69) is 12.2 Å². The maximum absolute atomic E-state index is 13.1. The summed E-state index contributed by atoms with van der Waals surface area (Å²) in [4.78, 5) is 25.8. The number of nitrogen functional groups attached to an aromatic ring is 1. The van der Waals surface area contributed by atoms with E-state index < -0.39 is 12.1 Å². The second-order valence-electron chi connectivity index (χ2n) is 12.8. The number of unbranched alkanes of at least 4 members (excludes halogenated alkanes) is 15. The Kier molecular flexibility index (Phi) is 19.1. The molecule has 0 bridgehead atoms. The predicted molar refractivity (Wildman–Crippen MR) is 177 cm³/mol. The number of hydrogen-bond donors (Lipinski definition) is 2. The van der Waals surface area contributed by atoms with Crippen molar-refractivity contribution in [2.24, 2.45) is 5.92 Å². The van der Waals surface area contributed by atoms with Gasteiger partial charge in [-0.05, 0) is 39.0 Å². The Hall–Kier alpha value is -2.31. The Bertz CT molecular complexity index is 943. The Morgan fingerprint density at radius 1 is 0.791 bits per heavy atom. The number of nitrogens with one attached hydrogen (secondary N) is 1. The van der Waals surface area contributed by atoms with Crippen molar-refractivity contribution < 1.29 is 23.6 Å². The number of aromatic nitrogens is 1. The number of hydrogen-bond acceptors (Lipinski definition) is 5. The zero-order valence-electron chi connectivity index (χ0n) is 28.2. The molecule has 0 saturated heterocycles. The number of nitrogens with two attached hydrogens (primary N) is 1. The molecule has 0 aliphatic heterocycles. The highest BCUT2D eigenvalue weighted by Crippen LogP contribution is 2.28. The minimum Gasteiger partial charge on any atom is -0.462 e. The molecule has 0 atom stereocenters. The molecule has 1 aromatic heterocycles. The standard InChI is InChI=1S/C36H63N3O4/c1-5-7-8-9-10-11-12-13-14-15-16-17-18-19-20-24-27-38-36(41)43-34-29(3)32(33(37)30(4)39(34)6-2)35(40)42-28-31-25-22-21-23-26-31/h31H,5-28H2,1-4H3,(H2-,37,38,40,41)/p+1. The van der Waals surface area contributed by atoms with Gasteiger partial charge in [-0.1, -0.05) is 122 Å². The van der Waals surface area contributed by atoms with Gasteiger partial charge in [-0.15, -0.1) is 0 Å². The van der Waals surface area contributed by atoms with Gasteiger partial charge in [-0.25, -0.2) is 9.59 Å². The van der Waals surface area contributed by atoms with E-state index in [4.69, 9.17) is 15.2 Å². The lowest BCUT2D eigenvalue weighted by Crippen LogP contribution is -2.43. The number of ether oxygens (including phenoxy) is 2. The summed E-state index contributed by atoms with van der Waals surface area (Å²) >= 11 is 0. The summed E-state index contributed by atoms with van der Waals surface area (Å²) in [5, 5.41) is 2.89. The molecule has 1 fully saturated rings. The first-order chi connectivity index (χ1) is 20.9. The van der Waals surface area contributed by atoms with E-state index in [0.29, 0.717) is 54.0 Å². The second-order valence-corrected chi connectivity index (χ2v) is 12.8. The van der Waals surface area contributed by atoms with Crippen molar-refractivity contribution >= 4 is 17.7 Å². The molecule has 246 valence electrons. The lowest BCUT2D eigenvalue weighted by molar-refractivity contribution is -0.702. The average Bonchev–Trinajstić information content (AvgIpc) is 3.01. The molecule has 0 spiro atoms. The number of nitrogens with zero attached hydrogens (tertiary/aromatic N) is 1. The van der Waals surface area contributed by atoms with Crippen LogP contribution < -0.4 is 20.4 Å². The van der Waals surface area contributed by atoms with Crippen molar-refractivity contribution in [3.05, 3.63) is 16.8 Å². The molecule has 7 heteroatoms. The number of esters is 1. The third kappa shape index (κ3) is 13.9. The van der Waals surface area contributed by atoms with Crippen molar-refractivity contribution in [1.29, 1.82) is 0 Å². The first kappa shape index (κ1) is 36.9. The van der Waals surface area contributed by atoms with Crippen molar-refractivity contribution in [3.63, 3.8) is 0 Å². The lowest BCUT2D eigenvalue weighted by Gasteiger charge is -2.21. The van der Waals surface area contributed by atoms with Gasteiger partial charge < -0.3 is 20.5 Å². The number of rotatable bonds is 22. The summed E-state index contributed by atoms with van der Waals surface area (Å²) < 4.78 is 13.3. The summed E-state index contributed by atoms with van der Waals surface area (Å²) in [6.07, 6.45) is 26.4. The van der Waals surface area contributed by atoms with Crippen LogP contribution in [-0.4, -0.2) is 25.2 Å². The maximum atomic E-state index is 13.1. The molecule has 43 heavy (non-hydrogen) atoms. The third-order valence-electron chi connectivity index (χ3n) is 9.19. The van der Waals surface area contributed by atoms with Gasteiger partial charge in [-0.2, -0.15) is 4.57 Å². The van der Waals surface area contributed by atoms with Gasteiger partial charge in [0.15, 0.2) is 0 Å². The molecule has 7 nitrogen and oxygen atoms in total. The van der Waals surface area contributed by atoms with Crippen LogP contribution in [0.25, 0.3) is 0 Å². The van der Waals surface area contributed by atoms with Crippen LogP contribution in [0.2, 0.25) is 0 Å². The van der Waals surface area contributed by atoms with E-state index >= 15 is 0 Å². The van der Waals surface area contributed by atoms with Crippen LogP contribution in [0.1, 0.15) is 170 Å². The highest BCUT2D eigenvalue weighted by molar-refractivity contribution is 5.97. The number of carbonyl (C=O) groups is 2. The van der Waals surface area contributed by atoms with E-state index in [-0.39, 0.29) is 0 Å². The Morgan fingerprint density at radius 2 is 1.30 bits per heavy atom. The molecular formula is C36H64N3O4+. The molecule has 0 aromatic carbocycles. The smallest absolute Gasteiger partial charge is 0.416 e. The molecule has 1 aliphatic carbocycles. The summed E-state index contributed by atoms with van der Waals surface area (Å²) in [6, 6.07) is 0. The second kappa shape index (κ2) is 22.2. The fourth-order valence-electron chi connectivity index (χ4n) is 6.37. The number of anilines is 1. The SMILES string of the molecule is CCCCCCCCCCCCCCCCCCNC(=O)Oc1c(C)c(C(=O)OCC2CCCCC2)c(N)c(C)[n+]1CC. The molecule has 0 unspecified atom stereocenters. The van der Waals surface area contributed by atoms with Crippen LogP contribution in [0.15, 0.2) is 0 Å². The van der Waals surface area contributed by atoms with Crippen molar-refractivity contribution in [2.75, 3.05) is 18.9 Å². The Labute approximate surface area is 263 Å². The van der Waals surface area contributed by atoms with E-state index in [1.807, 2.05) is 18.4 Å². The third-order valence-corrected chi connectivity index (χ3v) is 9.19. The van der Waals surface area contributed by atoms with Crippen LogP contribution in [0, 0.1) is 19.8 Å². The monoisotopic (exact) mass is 602 g/mol. The molecule has 1 aliphatic rings. The van der Waals surface area contributed by atoms with Gasteiger partial charge in [0.1, 0.15) is 17.8 Å². The highest BCUT2D eigenvalue weighted by atomic mass is 16.6. The summed E-state index contributed by atoms with van der Waals surface area (Å²) in [7, 11) is 0. The van der Waals surface area contributed by atoms with E-state index in [1.165, 1.54) is 109 Å². The number of pyridine rings is 1. The normalized spacial score (nSPS) is 13.7. The quantitative estimate of drug-likeness (QED) is 0.0783. The van der Waals surface area contributed by atoms with Crippen molar-refractivity contribution in [3.8, 4) is 5.88 Å². The fourth-order valence-corrected chi connectivity index (χ4v) is 6.37. The maximum Gasteiger partial charge on any atom is 0.416 e. The van der Waals surface area contributed by atoms with E-state index in [0.717, 1.165) is 25.7 Å². The number of amides is 1. The summed E-state index contributed by atoms with van der Waals surface area (Å²) in [5.41, 5.74) is 8.32. The Morgan fingerprint density at radius 3 is 1.81 bits per heavy atom. The molecule has 3 N–H and O–H groups in total. The van der Waals surface area contributed by atoms with E-state index in [9.17, 15) is 9.59 Å². The minimum atomic E-state index is -0.503.